The zero-order valence-electron chi connectivity index (χ0n) is 9.72. The highest BCUT2D eigenvalue weighted by molar-refractivity contribution is 7.86. The van der Waals surface area contributed by atoms with E-state index in [0.717, 1.165) is 5.56 Å². The maximum atomic E-state index is 11.7. The number of rotatable bonds is 7. The van der Waals surface area contributed by atoms with Crippen molar-refractivity contribution >= 4 is 10.1 Å². The topological polar surface area (TPSA) is 75.6 Å². The zero-order valence-corrected chi connectivity index (χ0v) is 10.5. The Kier molecular flexibility index (Phi) is 5.57. The Hall–Kier alpha value is -0.950. The molecule has 96 valence electrons. The fraction of sp³-hybridized carbons (Fsp3) is 0.455. The molecule has 0 aliphatic heterocycles. The lowest BCUT2D eigenvalue weighted by atomic mass is 10.2. The summed E-state index contributed by atoms with van der Waals surface area (Å²) >= 11 is 0. The summed E-state index contributed by atoms with van der Waals surface area (Å²) in [5, 5.41) is 11.3. The second-order valence-electron chi connectivity index (χ2n) is 3.56. The van der Waals surface area contributed by atoms with Crippen LogP contribution in [0.15, 0.2) is 29.2 Å². The van der Waals surface area contributed by atoms with Crippen molar-refractivity contribution in [2.45, 2.75) is 11.8 Å². The van der Waals surface area contributed by atoms with Crippen LogP contribution in [-0.2, 0) is 14.3 Å². The highest BCUT2D eigenvalue weighted by atomic mass is 32.2. The van der Waals surface area contributed by atoms with Gasteiger partial charge in [-0.2, -0.15) is 8.42 Å². The third-order valence-electron chi connectivity index (χ3n) is 2.12. The summed E-state index contributed by atoms with van der Waals surface area (Å²) in [5.41, 5.74) is 0.994. The molecule has 0 aromatic heterocycles. The normalized spacial score (nSPS) is 11.6. The van der Waals surface area contributed by atoms with E-state index in [1.165, 1.54) is 12.1 Å². The van der Waals surface area contributed by atoms with Gasteiger partial charge in [-0.05, 0) is 19.1 Å². The number of hydrogen-bond acceptors (Lipinski definition) is 5. The lowest BCUT2D eigenvalue weighted by Gasteiger charge is -2.06. The van der Waals surface area contributed by atoms with Gasteiger partial charge in [0, 0.05) is 13.1 Å². The Morgan fingerprint density at radius 3 is 2.47 bits per heavy atom. The molecule has 0 spiro atoms. The molecule has 0 saturated heterocycles. The minimum absolute atomic E-state index is 0.0186. The zero-order chi connectivity index (χ0) is 12.7. The molecule has 0 aliphatic rings. The molecule has 1 aromatic rings. The largest absolute Gasteiger partial charge is 0.395 e. The maximum absolute atomic E-state index is 11.7. The van der Waals surface area contributed by atoms with Crippen molar-refractivity contribution in [3.8, 4) is 0 Å². The first kappa shape index (κ1) is 14.1. The SMILES string of the molecule is Cc1ccc(S(=O)(=O)OCCNCCO)cc1. The first-order valence-electron chi connectivity index (χ1n) is 5.34. The molecule has 1 rings (SSSR count). The monoisotopic (exact) mass is 259 g/mol. The van der Waals surface area contributed by atoms with Crippen LogP contribution in [0.5, 0.6) is 0 Å². The van der Waals surface area contributed by atoms with Crippen LogP contribution in [0.1, 0.15) is 5.56 Å². The summed E-state index contributed by atoms with van der Waals surface area (Å²) in [4.78, 5) is 0.158. The molecule has 0 aliphatic carbocycles. The highest BCUT2D eigenvalue weighted by Gasteiger charge is 2.13. The van der Waals surface area contributed by atoms with E-state index in [1.807, 2.05) is 6.92 Å². The molecule has 0 heterocycles. The molecule has 0 saturated carbocycles. The van der Waals surface area contributed by atoms with Gasteiger partial charge in [0.25, 0.3) is 10.1 Å². The Bertz CT molecular complexity index is 427. The maximum Gasteiger partial charge on any atom is 0.297 e. The molecule has 1 aromatic carbocycles. The van der Waals surface area contributed by atoms with E-state index in [1.54, 1.807) is 12.1 Å². The molecule has 0 bridgehead atoms. The van der Waals surface area contributed by atoms with E-state index in [4.69, 9.17) is 9.29 Å². The highest BCUT2D eigenvalue weighted by Crippen LogP contribution is 2.12. The predicted octanol–water partition coefficient (Wildman–Crippen LogP) is 0.282. The first-order chi connectivity index (χ1) is 8.06. The number of aliphatic hydroxyl groups is 1. The summed E-state index contributed by atoms with van der Waals surface area (Å²) < 4.78 is 28.2. The van der Waals surface area contributed by atoms with Crippen molar-refractivity contribution in [2.24, 2.45) is 0 Å². The van der Waals surface area contributed by atoms with Gasteiger partial charge in [0.1, 0.15) is 0 Å². The van der Waals surface area contributed by atoms with Crippen molar-refractivity contribution in [3.63, 3.8) is 0 Å². The smallest absolute Gasteiger partial charge is 0.297 e. The van der Waals surface area contributed by atoms with Crippen LogP contribution >= 0.6 is 0 Å². The first-order valence-corrected chi connectivity index (χ1v) is 6.75. The van der Waals surface area contributed by atoms with Gasteiger partial charge in [0.15, 0.2) is 0 Å². The van der Waals surface area contributed by atoms with Gasteiger partial charge in [0.2, 0.25) is 0 Å². The van der Waals surface area contributed by atoms with Crippen molar-refractivity contribution in [1.29, 1.82) is 0 Å². The Labute approximate surface area is 102 Å². The second kappa shape index (κ2) is 6.70. The summed E-state index contributed by atoms with van der Waals surface area (Å²) in [6, 6.07) is 6.48. The van der Waals surface area contributed by atoms with Crippen molar-refractivity contribution in [2.75, 3.05) is 26.3 Å². The van der Waals surface area contributed by atoms with Crippen LogP contribution in [-0.4, -0.2) is 39.8 Å². The van der Waals surface area contributed by atoms with Gasteiger partial charge in [0.05, 0.1) is 18.1 Å². The van der Waals surface area contributed by atoms with E-state index in [-0.39, 0.29) is 18.1 Å². The van der Waals surface area contributed by atoms with Gasteiger partial charge >= 0.3 is 0 Å². The third-order valence-corrected chi connectivity index (χ3v) is 3.44. The molecule has 6 heteroatoms. The van der Waals surface area contributed by atoms with Gasteiger partial charge in [-0.1, -0.05) is 17.7 Å². The number of benzene rings is 1. The average molecular weight is 259 g/mol. The van der Waals surface area contributed by atoms with Gasteiger partial charge < -0.3 is 10.4 Å². The Morgan fingerprint density at radius 1 is 1.24 bits per heavy atom. The lowest BCUT2D eigenvalue weighted by molar-refractivity contribution is 0.277. The van der Waals surface area contributed by atoms with E-state index < -0.39 is 10.1 Å². The average Bonchev–Trinajstić information content (AvgIpc) is 2.29. The molecular formula is C11H17NO4S. The molecule has 0 amide bonds. The van der Waals surface area contributed by atoms with Crippen molar-refractivity contribution < 1.29 is 17.7 Å². The van der Waals surface area contributed by atoms with Crippen LogP contribution in [0.4, 0.5) is 0 Å². The van der Waals surface area contributed by atoms with E-state index in [0.29, 0.717) is 13.1 Å². The molecule has 0 radical (unpaired) electrons. The standard InChI is InChI=1S/C11H17NO4S/c1-10-2-4-11(5-3-10)17(14,15)16-9-7-12-6-8-13/h2-5,12-13H,6-9H2,1H3. The lowest BCUT2D eigenvalue weighted by Crippen LogP contribution is -2.24. The fourth-order valence-electron chi connectivity index (χ4n) is 1.20. The van der Waals surface area contributed by atoms with Gasteiger partial charge in [-0.15, -0.1) is 0 Å². The van der Waals surface area contributed by atoms with Gasteiger partial charge in [-0.3, -0.25) is 4.18 Å². The van der Waals surface area contributed by atoms with Gasteiger partial charge in [-0.25, -0.2) is 0 Å². The van der Waals surface area contributed by atoms with E-state index in [2.05, 4.69) is 5.32 Å². The summed E-state index contributed by atoms with van der Waals surface area (Å²) in [5.74, 6) is 0. The van der Waals surface area contributed by atoms with Crippen LogP contribution < -0.4 is 5.32 Å². The summed E-state index contributed by atoms with van der Waals surface area (Å²) in [7, 11) is -3.67. The van der Waals surface area contributed by atoms with Crippen LogP contribution in [0, 0.1) is 6.92 Å². The molecule has 0 atom stereocenters. The van der Waals surface area contributed by atoms with Crippen molar-refractivity contribution in [1.82, 2.24) is 5.32 Å². The Balaban J connectivity index is 2.48. The van der Waals surface area contributed by atoms with Crippen LogP contribution in [0.3, 0.4) is 0 Å². The minimum Gasteiger partial charge on any atom is -0.395 e. The van der Waals surface area contributed by atoms with E-state index >= 15 is 0 Å². The predicted molar refractivity (Wildman–Crippen MR) is 64.3 cm³/mol. The number of nitrogens with one attached hydrogen (secondary N) is 1. The number of hydrogen-bond donors (Lipinski definition) is 2. The molecular weight excluding hydrogens is 242 g/mol. The molecule has 0 unspecified atom stereocenters. The summed E-state index contributed by atoms with van der Waals surface area (Å²) in [6.45, 7) is 2.76. The van der Waals surface area contributed by atoms with E-state index in [9.17, 15) is 8.42 Å². The summed E-state index contributed by atoms with van der Waals surface area (Å²) in [6.07, 6.45) is 0. The minimum atomic E-state index is -3.67. The molecule has 17 heavy (non-hydrogen) atoms. The third kappa shape index (κ3) is 4.82. The fourth-order valence-corrected chi connectivity index (χ4v) is 2.11. The molecule has 0 fully saturated rings. The molecule has 5 nitrogen and oxygen atoms in total. The van der Waals surface area contributed by atoms with Crippen LogP contribution in [0.2, 0.25) is 0 Å². The Morgan fingerprint density at radius 2 is 1.88 bits per heavy atom. The second-order valence-corrected chi connectivity index (χ2v) is 5.18. The number of aliphatic hydroxyl groups excluding tert-OH is 1. The quantitative estimate of drug-likeness (QED) is 0.543. The molecule has 2 N–H and O–H groups in total. The van der Waals surface area contributed by atoms with Crippen molar-refractivity contribution in [3.05, 3.63) is 29.8 Å². The number of aryl methyl sites for hydroxylation is 1. The van der Waals surface area contributed by atoms with Crippen LogP contribution in [0.25, 0.3) is 0 Å².